The second-order valence-corrected chi connectivity index (χ2v) is 9.08. The number of hydrogen-bond acceptors (Lipinski definition) is 4. The molecule has 0 atom stereocenters. The summed E-state index contributed by atoms with van der Waals surface area (Å²) in [4.78, 5) is 37.1. The Morgan fingerprint density at radius 2 is 1.77 bits per heavy atom. The molecule has 1 aliphatic rings. The Morgan fingerprint density at radius 3 is 2.51 bits per heavy atom. The molecule has 1 aliphatic heterocycles. The van der Waals surface area contributed by atoms with E-state index in [0.717, 1.165) is 27.7 Å². The third-order valence-electron chi connectivity index (χ3n) is 6.64. The summed E-state index contributed by atoms with van der Waals surface area (Å²) in [6, 6.07) is 21.7. The lowest BCUT2D eigenvalue weighted by Gasteiger charge is -2.31. The summed E-state index contributed by atoms with van der Waals surface area (Å²) in [6.45, 7) is 3.63. The summed E-state index contributed by atoms with van der Waals surface area (Å²) < 4.78 is 0. The lowest BCUT2D eigenvalue weighted by molar-refractivity contribution is -0.126. The Balaban J connectivity index is 1.30. The average Bonchev–Trinajstić information content (AvgIpc) is 2.92. The number of likely N-dealkylation sites (tertiary alicyclic amines) is 1. The highest BCUT2D eigenvalue weighted by molar-refractivity contribution is 6.07. The fourth-order valence-corrected chi connectivity index (χ4v) is 4.58. The molecule has 5 rings (SSSR count). The molecule has 35 heavy (non-hydrogen) atoms. The van der Waals surface area contributed by atoms with Crippen molar-refractivity contribution in [1.82, 2.24) is 20.2 Å². The minimum absolute atomic E-state index is 0.00817. The van der Waals surface area contributed by atoms with Crippen LogP contribution in [0.4, 0.5) is 0 Å². The van der Waals surface area contributed by atoms with Crippen LogP contribution in [0.15, 0.2) is 79.1 Å². The first-order valence-corrected chi connectivity index (χ1v) is 12.0. The molecule has 0 bridgehead atoms. The first-order valence-electron chi connectivity index (χ1n) is 12.0. The largest absolute Gasteiger partial charge is 0.352 e. The van der Waals surface area contributed by atoms with Crippen LogP contribution in [-0.2, 0) is 11.3 Å². The second kappa shape index (κ2) is 10.1. The topological polar surface area (TPSA) is 75.2 Å². The normalized spacial score (nSPS) is 14.1. The molecule has 1 fully saturated rings. The van der Waals surface area contributed by atoms with Crippen LogP contribution in [0.25, 0.3) is 22.2 Å². The first kappa shape index (κ1) is 22.7. The number of hydrogen-bond donors (Lipinski definition) is 1. The van der Waals surface area contributed by atoms with Crippen molar-refractivity contribution in [2.45, 2.75) is 26.3 Å². The lowest BCUT2D eigenvalue weighted by Crippen LogP contribution is -2.43. The van der Waals surface area contributed by atoms with Gasteiger partial charge in [-0.1, -0.05) is 54.1 Å². The van der Waals surface area contributed by atoms with Crippen LogP contribution in [-0.4, -0.2) is 39.8 Å². The van der Waals surface area contributed by atoms with Crippen molar-refractivity contribution in [3.63, 3.8) is 0 Å². The van der Waals surface area contributed by atoms with E-state index in [2.05, 4.69) is 29.4 Å². The highest BCUT2D eigenvalue weighted by Crippen LogP contribution is 2.28. The maximum Gasteiger partial charge on any atom is 0.254 e. The number of fused-ring (bicyclic) bond motifs is 1. The van der Waals surface area contributed by atoms with Gasteiger partial charge in [-0.25, -0.2) is 4.98 Å². The standard InChI is InChI=1S/C29H28N4O2/c1-20-8-10-22(11-9-20)27-17-25(24-6-2-3-7-26(24)32-27)29(35)33-15-12-23(13-16-33)28(34)31-19-21-5-4-14-30-18-21/h2-11,14,17-18,23H,12-13,15-16,19H2,1H3,(H,31,34). The number of carbonyl (C=O) groups excluding carboxylic acids is 2. The van der Waals surface area contributed by atoms with Gasteiger partial charge in [0.05, 0.1) is 16.8 Å². The zero-order valence-corrected chi connectivity index (χ0v) is 19.8. The van der Waals surface area contributed by atoms with Gasteiger partial charge in [0.15, 0.2) is 0 Å². The molecule has 2 amide bonds. The number of rotatable bonds is 5. The van der Waals surface area contributed by atoms with Crippen LogP contribution in [0.5, 0.6) is 0 Å². The monoisotopic (exact) mass is 464 g/mol. The molecule has 0 spiro atoms. The van der Waals surface area contributed by atoms with Gasteiger partial charge in [-0.2, -0.15) is 0 Å². The summed E-state index contributed by atoms with van der Waals surface area (Å²) in [5.41, 5.74) is 5.39. The predicted molar refractivity (Wildman–Crippen MR) is 137 cm³/mol. The number of amides is 2. The summed E-state index contributed by atoms with van der Waals surface area (Å²) in [6.07, 6.45) is 4.77. The maximum atomic E-state index is 13.6. The van der Waals surface area contributed by atoms with Crippen molar-refractivity contribution in [3.05, 3.63) is 95.8 Å². The maximum absolute atomic E-state index is 13.6. The van der Waals surface area contributed by atoms with Crippen LogP contribution in [0, 0.1) is 12.8 Å². The van der Waals surface area contributed by atoms with E-state index < -0.39 is 0 Å². The summed E-state index contributed by atoms with van der Waals surface area (Å²) >= 11 is 0. The Kier molecular flexibility index (Phi) is 6.53. The zero-order valence-electron chi connectivity index (χ0n) is 19.8. The van der Waals surface area contributed by atoms with E-state index in [1.54, 1.807) is 12.4 Å². The minimum atomic E-state index is -0.0898. The lowest BCUT2D eigenvalue weighted by atomic mass is 9.94. The number of nitrogens with one attached hydrogen (secondary N) is 1. The Hall–Kier alpha value is -4.06. The average molecular weight is 465 g/mol. The fourth-order valence-electron chi connectivity index (χ4n) is 4.58. The summed E-state index contributed by atoms with van der Waals surface area (Å²) in [5, 5.41) is 3.86. The highest BCUT2D eigenvalue weighted by atomic mass is 16.2. The van der Waals surface area contributed by atoms with E-state index in [9.17, 15) is 9.59 Å². The number of benzene rings is 2. The van der Waals surface area contributed by atoms with Gasteiger partial charge < -0.3 is 10.2 Å². The van der Waals surface area contributed by atoms with E-state index in [1.807, 2.05) is 59.5 Å². The quantitative estimate of drug-likeness (QED) is 0.462. The van der Waals surface area contributed by atoms with Crippen LogP contribution in [0.2, 0.25) is 0 Å². The molecule has 4 aromatic rings. The number of aromatic nitrogens is 2. The SMILES string of the molecule is Cc1ccc(-c2cc(C(=O)N3CCC(C(=O)NCc4cccnc4)CC3)c3ccccc3n2)cc1. The molecule has 6 heteroatoms. The second-order valence-electron chi connectivity index (χ2n) is 9.08. The molecule has 6 nitrogen and oxygen atoms in total. The molecule has 2 aromatic carbocycles. The molecule has 0 aliphatic carbocycles. The van der Waals surface area contributed by atoms with E-state index in [0.29, 0.717) is 38.0 Å². The predicted octanol–water partition coefficient (Wildman–Crippen LogP) is 4.77. The number of nitrogens with zero attached hydrogens (tertiary/aromatic N) is 3. The first-order chi connectivity index (χ1) is 17.1. The van der Waals surface area contributed by atoms with Crippen molar-refractivity contribution < 1.29 is 9.59 Å². The molecular weight excluding hydrogens is 436 g/mol. The molecule has 0 radical (unpaired) electrons. The Labute approximate surface area is 205 Å². The van der Waals surface area contributed by atoms with Crippen molar-refractivity contribution in [2.24, 2.45) is 5.92 Å². The van der Waals surface area contributed by atoms with Gasteiger partial charge in [0.1, 0.15) is 0 Å². The van der Waals surface area contributed by atoms with Gasteiger partial charge in [0.25, 0.3) is 5.91 Å². The number of piperidine rings is 1. The smallest absolute Gasteiger partial charge is 0.254 e. The van der Waals surface area contributed by atoms with E-state index in [1.165, 1.54) is 5.56 Å². The van der Waals surface area contributed by atoms with Crippen LogP contribution in [0.3, 0.4) is 0 Å². The van der Waals surface area contributed by atoms with Gasteiger partial charge in [-0.15, -0.1) is 0 Å². The van der Waals surface area contributed by atoms with Crippen LogP contribution < -0.4 is 5.32 Å². The number of para-hydroxylation sites is 1. The highest BCUT2D eigenvalue weighted by Gasteiger charge is 2.28. The van der Waals surface area contributed by atoms with Gasteiger partial charge in [0, 0.05) is 48.9 Å². The van der Waals surface area contributed by atoms with Crippen molar-refractivity contribution in [1.29, 1.82) is 0 Å². The third-order valence-corrected chi connectivity index (χ3v) is 6.64. The molecule has 1 saturated heterocycles. The van der Waals surface area contributed by atoms with Gasteiger partial charge in [-0.3, -0.25) is 14.6 Å². The number of pyridine rings is 2. The van der Waals surface area contributed by atoms with E-state index >= 15 is 0 Å². The van der Waals surface area contributed by atoms with Gasteiger partial charge >= 0.3 is 0 Å². The van der Waals surface area contributed by atoms with Gasteiger partial charge in [0.2, 0.25) is 5.91 Å². The number of carbonyl (C=O) groups is 2. The number of aryl methyl sites for hydroxylation is 1. The molecule has 1 N–H and O–H groups in total. The Bertz CT molecular complexity index is 1340. The molecule has 0 saturated carbocycles. The van der Waals surface area contributed by atoms with E-state index in [4.69, 9.17) is 4.98 Å². The van der Waals surface area contributed by atoms with Crippen molar-refractivity contribution >= 4 is 22.7 Å². The fraction of sp³-hybridized carbons (Fsp3) is 0.241. The van der Waals surface area contributed by atoms with E-state index in [-0.39, 0.29) is 17.7 Å². The summed E-state index contributed by atoms with van der Waals surface area (Å²) in [5.74, 6) is -0.0591. The molecule has 176 valence electrons. The zero-order chi connectivity index (χ0) is 24.2. The Morgan fingerprint density at radius 1 is 1.00 bits per heavy atom. The van der Waals surface area contributed by atoms with Gasteiger partial charge in [-0.05, 0) is 43.5 Å². The molecular formula is C29H28N4O2. The van der Waals surface area contributed by atoms with Crippen LogP contribution >= 0.6 is 0 Å². The third kappa shape index (κ3) is 5.06. The van der Waals surface area contributed by atoms with Crippen LogP contribution in [0.1, 0.15) is 34.3 Å². The van der Waals surface area contributed by atoms with Crippen molar-refractivity contribution in [2.75, 3.05) is 13.1 Å². The molecule has 3 heterocycles. The summed E-state index contributed by atoms with van der Waals surface area (Å²) in [7, 11) is 0. The molecule has 0 unspecified atom stereocenters. The molecule has 2 aromatic heterocycles. The minimum Gasteiger partial charge on any atom is -0.352 e. The van der Waals surface area contributed by atoms with Crippen molar-refractivity contribution in [3.8, 4) is 11.3 Å².